The monoisotopic (exact) mass is 380 g/mol. The predicted molar refractivity (Wildman–Crippen MR) is 109 cm³/mol. The van der Waals surface area contributed by atoms with Gasteiger partial charge in [0.05, 0.1) is 13.2 Å². The van der Waals surface area contributed by atoms with E-state index in [0.717, 1.165) is 49.9 Å². The Kier molecular flexibility index (Phi) is 5.93. The van der Waals surface area contributed by atoms with Gasteiger partial charge in [-0.3, -0.25) is 9.69 Å². The molecule has 1 aliphatic carbocycles. The summed E-state index contributed by atoms with van der Waals surface area (Å²) in [5.41, 5.74) is 2.38. The van der Waals surface area contributed by atoms with E-state index in [4.69, 9.17) is 9.15 Å². The highest BCUT2D eigenvalue weighted by atomic mass is 16.5. The Balaban J connectivity index is 1.22. The lowest BCUT2D eigenvalue weighted by Gasteiger charge is -2.26. The fraction of sp³-hybridized carbons (Fsp3) is 0.435. The number of nitrogens with zero attached hydrogens (tertiary/aromatic N) is 1. The lowest BCUT2D eigenvalue weighted by atomic mass is 10.1. The van der Waals surface area contributed by atoms with E-state index < -0.39 is 0 Å². The van der Waals surface area contributed by atoms with Gasteiger partial charge in [-0.2, -0.15) is 0 Å². The van der Waals surface area contributed by atoms with Crippen LogP contribution in [0.2, 0.25) is 0 Å². The summed E-state index contributed by atoms with van der Waals surface area (Å²) in [5, 5.41) is 2.92. The Hall–Kier alpha value is -2.37. The average Bonchev–Trinajstić information content (AvgIpc) is 3.26. The molecule has 2 heterocycles. The molecule has 1 saturated carbocycles. The molecule has 0 radical (unpaired) electrons. The fourth-order valence-corrected chi connectivity index (χ4v) is 3.56. The van der Waals surface area contributed by atoms with Gasteiger partial charge in [-0.05, 0) is 41.7 Å². The van der Waals surface area contributed by atoms with E-state index >= 15 is 0 Å². The van der Waals surface area contributed by atoms with Crippen molar-refractivity contribution in [2.24, 2.45) is 5.92 Å². The maximum atomic E-state index is 12.1. The molecule has 1 aliphatic heterocycles. The number of amides is 1. The molecule has 0 bridgehead atoms. The Morgan fingerprint density at radius 1 is 1.14 bits per heavy atom. The fourth-order valence-electron chi connectivity index (χ4n) is 3.56. The summed E-state index contributed by atoms with van der Waals surface area (Å²) in [4.78, 5) is 14.5. The zero-order valence-electron chi connectivity index (χ0n) is 16.4. The van der Waals surface area contributed by atoms with E-state index in [1.165, 1.54) is 18.1 Å². The summed E-state index contributed by atoms with van der Waals surface area (Å²) >= 11 is 0. The molecule has 0 spiro atoms. The van der Waals surface area contributed by atoms with Crippen LogP contribution in [-0.4, -0.2) is 37.1 Å². The predicted octanol–water partition coefficient (Wildman–Crippen LogP) is 3.56. The zero-order valence-corrected chi connectivity index (χ0v) is 16.4. The number of furan rings is 1. The molecule has 148 valence electrons. The van der Waals surface area contributed by atoms with Crippen LogP contribution >= 0.6 is 0 Å². The number of ether oxygens (including phenoxy) is 1. The van der Waals surface area contributed by atoms with Crippen molar-refractivity contribution < 1.29 is 13.9 Å². The molecule has 2 atom stereocenters. The molecule has 2 fully saturated rings. The normalized spacial score (nSPS) is 22.5. The lowest BCUT2D eigenvalue weighted by molar-refractivity contribution is -0.116. The largest absolute Gasteiger partial charge is 0.461 e. The van der Waals surface area contributed by atoms with Crippen LogP contribution in [0.3, 0.4) is 0 Å². The molecule has 4 rings (SSSR count). The molecule has 1 amide bonds. The Morgan fingerprint density at radius 3 is 2.57 bits per heavy atom. The number of hydrogen-bond acceptors (Lipinski definition) is 4. The van der Waals surface area contributed by atoms with Gasteiger partial charge in [0.2, 0.25) is 5.91 Å². The molecular weight excluding hydrogens is 352 g/mol. The second kappa shape index (κ2) is 8.76. The summed E-state index contributed by atoms with van der Waals surface area (Å²) in [7, 11) is 0. The van der Waals surface area contributed by atoms with Crippen LogP contribution in [0.15, 0.2) is 46.9 Å². The highest BCUT2D eigenvalue weighted by Gasteiger charge is 2.36. The topological polar surface area (TPSA) is 54.7 Å². The van der Waals surface area contributed by atoms with Gasteiger partial charge in [-0.25, -0.2) is 0 Å². The van der Waals surface area contributed by atoms with Crippen molar-refractivity contribution in [3.05, 3.63) is 65.1 Å². The molecule has 2 aliphatic rings. The number of benzene rings is 1. The van der Waals surface area contributed by atoms with E-state index in [-0.39, 0.29) is 5.91 Å². The van der Waals surface area contributed by atoms with Crippen LogP contribution in [0, 0.1) is 5.92 Å². The molecule has 28 heavy (non-hydrogen) atoms. The second-order valence-corrected chi connectivity index (χ2v) is 7.82. The van der Waals surface area contributed by atoms with E-state index in [2.05, 4.69) is 41.4 Å². The van der Waals surface area contributed by atoms with Crippen LogP contribution in [0.4, 0.5) is 0 Å². The second-order valence-electron chi connectivity index (χ2n) is 7.82. The Morgan fingerprint density at radius 2 is 1.86 bits per heavy atom. The maximum Gasteiger partial charge on any atom is 0.244 e. The number of nitrogens with one attached hydrogen (secondary N) is 1. The third kappa shape index (κ3) is 5.12. The molecule has 1 N–H and O–H groups in total. The van der Waals surface area contributed by atoms with Gasteiger partial charge < -0.3 is 14.5 Å². The quantitative estimate of drug-likeness (QED) is 0.746. The summed E-state index contributed by atoms with van der Waals surface area (Å²) < 4.78 is 11.2. The van der Waals surface area contributed by atoms with Gasteiger partial charge in [0.25, 0.3) is 0 Å². The summed E-state index contributed by atoms with van der Waals surface area (Å²) in [5.74, 6) is 2.92. The average molecular weight is 380 g/mol. The van der Waals surface area contributed by atoms with E-state index in [9.17, 15) is 4.79 Å². The van der Waals surface area contributed by atoms with Crippen molar-refractivity contribution in [1.82, 2.24) is 10.2 Å². The molecule has 2 aromatic rings. The minimum absolute atomic E-state index is 0.116. The Bertz CT molecular complexity index is 819. The highest BCUT2D eigenvalue weighted by Crippen LogP contribution is 2.47. The first-order chi connectivity index (χ1) is 13.7. The molecule has 1 aromatic carbocycles. The smallest absolute Gasteiger partial charge is 0.244 e. The van der Waals surface area contributed by atoms with E-state index in [1.54, 1.807) is 6.08 Å². The SMILES string of the molecule is C[C@@H]1C[C@H]1c1ccc(/C=C\C(=O)NCc2ccc(CN3CCOCC3)cc2)o1. The lowest BCUT2D eigenvalue weighted by Crippen LogP contribution is -2.35. The van der Waals surface area contributed by atoms with Gasteiger partial charge >= 0.3 is 0 Å². The number of morpholine rings is 1. The molecule has 1 aromatic heterocycles. The van der Waals surface area contributed by atoms with Gasteiger partial charge in [-0.15, -0.1) is 0 Å². The van der Waals surface area contributed by atoms with Crippen molar-refractivity contribution in [3.8, 4) is 0 Å². The number of carbonyl (C=O) groups excluding carboxylic acids is 1. The van der Waals surface area contributed by atoms with Crippen molar-refractivity contribution >= 4 is 12.0 Å². The molecule has 0 unspecified atom stereocenters. The van der Waals surface area contributed by atoms with Crippen LogP contribution in [-0.2, 0) is 22.6 Å². The highest BCUT2D eigenvalue weighted by molar-refractivity contribution is 5.91. The van der Waals surface area contributed by atoms with Gasteiger partial charge in [-0.1, -0.05) is 31.2 Å². The minimum Gasteiger partial charge on any atom is -0.461 e. The summed E-state index contributed by atoms with van der Waals surface area (Å²) in [6.07, 6.45) is 4.46. The molecule has 1 saturated heterocycles. The van der Waals surface area contributed by atoms with Crippen molar-refractivity contribution in [3.63, 3.8) is 0 Å². The van der Waals surface area contributed by atoms with Crippen LogP contribution in [0.25, 0.3) is 6.08 Å². The van der Waals surface area contributed by atoms with Crippen molar-refractivity contribution in [2.45, 2.75) is 32.4 Å². The molecule has 5 nitrogen and oxygen atoms in total. The van der Waals surface area contributed by atoms with Gasteiger partial charge in [0.15, 0.2) is 0 Å². The van der Waals surface area contributed by atoms with Crippen LogP contribution in [0.1, 0.15) is 41.9 Å². The molecule has 5 heteroatoms. The first-order valence-electron chi connectivity index (χ1n) is 10.1. The first-order valence-corrected chi connectivity index (χ1v) is 10.1. The summed E-state index contributed by atoms with van der Waals surface area (Å²) in [6.45, 7) is 7.30. The Labute approximate surface area is 166 Å². The first kappa shape index (κ1) is 19.0. The summed E-state index contributed by atoms with van der Waals surface area (Å²) in [6, 6.07) is 12.4. The van der Waals surface area contributed by atoms with E-state index in [0.29, 0.717) is 18.4 Å². The minimum atomic E-state index is -0.116. The van der Waals surface area contributed by atoms with Crippen molar-refractivity contribution in [1.29, 1.82) is 0 Å². The zero-order chi connectivity index (χ0) is 19.3. The standard InChI is InChI=1S/C23H28N2O3/c1-17-14-21(17)22-8-6-20(28-22)7-9-23(26)24-15-18-2-4-19(5-3-18)16-25-10-12-27-13-11-25/h2-9,17,21H,10-16H2,1H3,(H,24,26)/b9-7-/t17-,21-/m1/s1. The molecular formula is C23H28N2O3. The van der Waals surface area contributed by atoms with Gasteiger partial charge in [0.1, 0.15) is 11.5 Å². The van der Waals surface area contributed by atoms with Gasteiger partial charge in [0, 0.05) is 38.2 Å². The van der Waals surface area contributed by atoms with E-state index in [1.807, 2.05) is 12.1 Å². The third-order valence-electron chi connectivity index (χ3n) is 5.52. The number of rotatable bonds is 7. The van der Waals surface area contributed by atoms with Crippen molar-refractivity contribution in [2.75, 3.05) is 26.3 Å². The van der Waals surface area contributed by atoms with Crippen LogP contribution < -0.4 is 5.32 Å². The maximum absolute atomic E-state index is 12.1. The number of hydrogen-bond donors (Lipinski definition) is 1. The van der Waals surface area contributed by atoms with Crippen LogP contribution in [0.5, 0.6) is 0 Å². The number of carbonyl (C=O) groups is 1. The third-order valence-corrected chi connectivity index (χ3v) is 5.52.